The molecule has 0 bridgehead atoms. The van der Waals surface area contributed by atoms with E-state index in [1.54, 1.807) is 0 Å². The molecule has 0 spiro atoms. The maximum Gasteiger partial charge on any atom is 0.0672 e. The van der Waals surface area contributed by atoms with E-state index < -0.39 is 0 Å². The van der Waals surface area contributed by atoms with Gasteiger partial charge in [-0.2, -0.15) is 5.10 Å². The van der Waals surface area contributed by atoms with E-state index in [0.717, 1.165) is 25.0 Å². The molecule has 3 heteroatoms. The number of nitrogens with zero attached hydrogens (tertiary/aromatic N) is 2. The number of rotatable bonds is 2. The van der Waals surface area contributed by atoms with Crippen LogP contribution in [-0.4, -0.2) is 9.78 Å². The highest BCUT2D eigenvalue weighted by Gasteiger charge is 2.42. The molecule has 1 aromatic heterocycles. The van der Waals surface area contributed by atoms with E-state index in [-0.39, 0.29) is 5.54 Å². The fraction of sp³-hybridized carbons (Fsp3) is 0.667. The van der Waals surface area contributed by atoms with Crippen molar-refractivity contribution in [3.63, 3.8) is 0 Å². The van der Waals surface area contributed by atoms with Crippen molar-refractivity contribution in [1.82, 2.24) is 9.78 Å². The Morgan fingerprint density at radius 2 is 2.33 bits per heavy atom. The molecular weight excluding hydrogens is 150 g/mol. The second-order valence-electron chi connectivity index (χ2n) is 3.67. The van der Waals surface area contributed by atoms with Crippen LogP contribution in [0.5, 0.6) is 0 Å². The minimum Gasteiger partial charge on any atom is -0.321 e. The summed E-state index contributed by atoms with van der Waals surface area (Å²) in [5.41, 5.74) is 8.50. The van der Waals surface area contributed by atoms with Gasteiger partial charge in [0.2, 0.25) is 0 Å². The Morgan fingerprint density at radius 1 is 1.67 bits per heavy atom. The smallest absolute Gasteiger partial charge is 0.0672 e. The van der Waals surface area contributed by atoms with Crippen LogP contribution in [0, 0.1) is 0 Å². The van der Waals surface area contributed by atoms with Gasteiger partial charge in [0.15, 0.2) is 0 Å². The third-order valence-electron chi connectivity index (χ3n) is 2.57. The number of hydrogen-bond acceptors (Lipinski definition) is 2. The molecule has 0 radical (unpaired) electrons. The normalized spacial score (nSPS) is 19.6. The predicted molar refractivity (Wildman–Crippen MR) is 47.7 cm³/mol. The monoisotopic (exact) mass is 165 g/mol. The van der Waals surface area contributed by atoms with E-state index in [9.17, 15) is 0 Å². The maximum absolute atomic E-state index is 6.10. The molecule has 0 unspecified atom stereocenters. The van der Waals surface area contributed by atoms with E-state index >= 15 is 0 Å². The predicted octanol–water partition coefficient (Wildman–Crippen LogP) is 0.930. The van der Waals surface area contributed by atoms with Crippen LogP contribution in [0.4, 0.5) is 0 Å². The van der Waals surface area contributed by atoms with Gasteiger partial charge in [0.1, 0.15) is 0 Å². The van der Waals surface area contributed by atoms with Gasteiger partial charge in [-0.1, -0.05) is 6.92 Å². The van der Waals surface area contributed by atoms with E-state index in [4.69, 9.17) is 5.73 Å². The van der Waals surface area contributed by atoms with Crippen LogP contribution in [-0.2, 0) is 19.0 Å². The topological polar surface area (TPSA) is 43.8 Å². The van der Waals surface area contributed by atoms with E-state index in [0.29, 0.717) is 0 Å². The average Bonchev–Trinajstić information content (AvgIpc) is 2.64. The molecule has 66 valence electrons. The van der Waals surface area contributed by atoms with E-state index in [1.165, 1.54) is 5.56 Å². The Hall–Kier alpha value is -0.830. The molecule has 1 aromatic rings. The standard InChI is InChI=1S/C9H15N3/c1-3-8-7(6-12(2)11-8)9(10)4-5-9/h6H,3-5,10H2,1-2H3. The third kappa shape index (κ3) is 1.05. The third-order valence-corrected chi connectivity index (χ3v) is 2.57. The van der Waals surface area contributed by atoms with Crippen molar-refractivity contribution in [2.24, 2.45) is 12.8 Å². The van der Waals surface area contributed by atoms with Gasteiger partial charge in [-0.3, -0.25) is 4.68 Å². The summed E-state index contributed by atoms with van der Waals surface area (Å²) in [5, 5.41) is 4.37. The van der Waals surface area contributed by atoms with Crippen LogP contribution in [0.2, 0.25) is 0 Å². The van der Waals surface area contributed by atoms with Crippen molar-refractivity contribution in [2.75, 3.05) is 0 Å². The van der Waals surface area contributed by atoms with Crippen LogP contribution in [0.3, 0.4) is 0 Å². The highest BCUT2D eigenvalue weighted by Crippen LogP contribution is 2.43. The minimum atomic E-state index is -0.0282. The zero-order valence-electron chi connectivity index (χ0n) is 7.67. The molecule has 0 saturated heterocycles. The molecule has 1 aliphatic rings. The summed E-state index contributed by atoms with van der Waals surface area (Å²) in [4.78, 5) is 0. The van der Waals surface area contributed by atoms with Crippen LogP contribution < -0.4 is 5.73 Å². The Kier molecular flexibility index (Phi) is 1.51. The Bertz CT molecular complexity index is 297. The maximum atomic E-state index is 6.10. The summed E-state index contributed by atoms with van der Waals surface area (Å²) in [6.45, 7) is 2.12. The van der Waals surface area contributed by atoms with Gasteiger partial charge in [-0.15, -0.1) is 0 Å². The van der Waals surface area contributed by atoms with E-state index in [2.05, 4.69) is 18.2 Å². The summed E-state index contributed by atoms with van der Waals surface area (Å²) in [5.74, 6) is 0. The fourth-order valence-electron chi connectivity index (χ4n) is 1.62. The number of hydrogen-bond donors (Lipinski definition) is 1. The second-order valence-corrected chi connectivity index (χ2v) is 3.67. The van der Waals surface area contributed by atoms with Gasteiger partial charge in [0, 0.05) is 24.3 Å². The molecule has 1 fully saturated rings. The lowest BCUT2D eigenvalue weighted by molar-refractivity contribution is 0.726. The molecule has 0 amide bonds. The highest BCUT2D eigenvalue weighted by molar-refractivity contribution is 5.31. The number of aryl methyl sites for hydroxylation is 2. The number of aromatic nitrogens is 2. The zero-order chi connectivity index (χ0) is 8.77. The molecule has 1 saturated carbocycles. The van der Waals surface area contributed by atoms with Gasteiger partial charge in [0.05, 0.1) is 5.69 Å². The molecule has 2 rings (SSSR count). The molecule has 0 atom stereocenters. The Balaban J connectivity index is 2.41. The molecule has 0 aromatic carbocycles. The summed E-state index contributed by atoms with van der Waals surface area (Å²) in [7, 11) is 1.95. The molecule has 0 aliphatic heterocycles. The van der Waals surface area contributed by atoms with Crippen molar-refractivity contribution in [3.8, 4) is 0 Å². The van der Waals surface area contributed by atoms with E-state index in [1.807, 2.05) is 11.7 Å². The van der Waals surface area contributed by atoms with Crippen molar-refractivity contribution in [3.05, 3.63) is 17.5 Å². The summed E-state index contributed by atoms with van der Waals surface area (Å²) < 4.78 is 1.86. The first-order valence-corrected chi connectivity index (χ1v) is 4.47. The first kappa shape index (κ1) is 7.80. The SMILES string of the molecule is CCc1nn(C)cc1C1(N)CC1. The van der Waals surface area contributed by atoms with Crippen molar-refractivity contribution < 1.29 is 0 Å². The van der Waals surface area contributed by atoms with Gasteiger partial charge in [0.25, 0.3) is 0 Å². The lowest BCUT2D eigenvalue weighted by atomic mass is 10.1. The quantitative estimate of drug-likeness (QED) is 0.708. The Morgan fingerprint density at radius 3 is 2.83 bits per heavy atom. The van der Waals surface area contributed by atoms with Crippen LogP contribution >= 0.6 is 0 Å². The fourth-order valence-corrected chi connectivity index (χ4v) is 1.62. The van der Waals surface area contributed by atoms with Gasteiger partial charge >= 0.3 is 0 Å². The van der Waals surface area contributed by atoms with Gasteiger partial charge < -0.3 is 5.73 Å². The summed E-state index contributed by atoms with van der Waals surface area (Å²) in [6, 6.07) is 0. The first-order chi connectivity index (χ1) is 5.65. The zero-order valence-corrected chi connectivity index (χ0v) is 7.67. The van der Waals surface area contributed by atoms with Crippen molar-refractivity contribution in [2.45, 2.75) is 31.7 Å². The van der Waals surface area contributed by atoms with Crippen LogP contribution in [0.25, 0.3) is 0 Å². The first-order valence-electron chi connectivity index (χ1n) is 4.47. The second kappa shape index (κ2) is 2.33. The number of nitrogens with two attached hydrogens (primary N) is 1. The minimum absolute atomic E-state index is 0.0282. The van der Waals surface area contributed by atoms with Crippen molar-refractivity contribution >= 4 is 0 Å². The van der Waals surface area contributed by atoms with Crippen molar-refractivity contribution in [1.29, 1.82) is 0 Å². The highest BCUT2D eigenvalue weighted by atomic mass is 15.3. The molecule has 3 nitrogen and oxygen atoms in total. The Labute approximate surface area is 72.6 Å². The van der Waals surface area contributed by atoms with Gasteiger partial charge in [-0.05, 0) is 19.3 Å². The lowest BCUT2D eigenvalue weighted by Crippen LogP contribution is -2.19. The average molecular weight is 165 g/mol. The molecule has 12 heavy (non-hydrogen) atoms. The largest absolute Gasteiger partial charge is 0.321 e. The molecular formula is C9H15N3. The van der Waals surface area contributed by atoms with Gasteiger partial charge in [-0.25, -0.2) is 0 Å². The summed E-state index contributed by atoms with van der Waals surface area (Å²) >= 11 is 0. The summed E-state index contributed by atoms with van der Waals surface area (Å²) in [6.07, 6.45) is 5.28. The molecule has 1 aliphatic carbocycles. The molecule has 1 heterocycles. The molecule has 2 N–H and O–H groups in total. The lowest BCUT2D eigenvalue weighted by Gasteiger charge is -2.06. The van der Waals surface area contributed by atoms with Crippen LogP contribution in [0.1, 0.15) is 31.0 Å². The van der Waals surface area contributed by atoms with Crippen LogP contribution in [0.15, 0.2) is 6.20 Å².